The first kappa shape index (κ1) is 14.1. The number of carbonyl (C=O) groups is 1. The largest absolute Gasteiger partial charge is 0.361 e. The molecule has 4 nitrogen and oxygen atoms in total. The van der Waals surface area contributed by atoms with Gasteiger partial charge in [-0.25, -0.2) is 0 Å². The molecule has 1 aromatic carbocycles. The van der Waals surface area contributed by atoms with E-state index in [0.717, 1.165) is 17.0 Å². The highest BCUT2D eigenvalue weighted by atomic mass is 16.5. The Morgan fingerprint density at radius 3 is 2.60 bits per heavy atom. The summed E-state index contributed by atoms with van der Waals surface area (Å²) in [4.78, 5) is 13.6. The minimum atomic E-state index is -0.0637. The zero-order chi connectivity index (χ0) is 14.5. The molecule has 0 saturated carbocycles. The normalized spacial score (nSPS) is 10.9. The Labute approximate surface area is 118 Å². The molecule has 0 atom stereocenters. The predicted molar refractivity (Wildman–Crippen MR) is 77.9 cm³/mol. The van der Waals surface area contributed by atoms with Crippen molar-refractivity contribution in [2.45, 2.75) is 20.4 Å². The fourth-order valence-corrected chi connectivity index (χ4v) is 1.79. The third-order valence-corrected chi connectivity index (χ3v) is 2.95. The van der Waals surface area contributed by atoms with Gasteiger partial charge in [-0.15, -0.1) is 0 Å². The lowest BCUT2D eigenvalue weighted by Crippen LogP contribution is -2.24. The van der Waals surface area contributed by atoms with Crippen molar-refractivity contribution in [3.63, 3.8) is 0 Å². The van der Waals surface area contributed by atoms with Crippen molar-refractivity contribution < 1.29 is 9.32 Å². The van der Waals surface area contributed by atoms with Crippen molar-refractivity contribution >= 4 is 12.0 Å². The number of carbonyl (C=O) groups excluding carboxylic acids is 1. The molecule has 0 N–H and O–H groups in total. The number of benzene rings is 1. The molecule has 0 fully saturated rings. The lowest BCUT2D eigenvalue weighted by Gasteiger charge is -2.12. The van der Waals surface area contributed by atoms with Gasteiger partial charge < -0.3 is 9.42 Å². The molecule has 0 bridgehead atoms. The van der Waals surface area contributed by atoms with Gasteiger partial charge in [-0.1, -0.05) is 35.0 Å². The Morgan fingerprint density at radius 2 is 2.00 bits per heavy atom. The van der Waals surface area contributed by atoms with Crippen molar-refractivity contribution in [3.05, 3.63) is 59.0 Å². The molecule has 104 valence electrons. The van der Waals surface area contributed by atoms with Gasteiger partial charge in [0.1, 0.15) is 11.5 Å². The smallest absolute Gasteiger partial charge is 0.246 e. The number of aromatic nitrogens is 1. The van der Waals surface area contributed by atoms with Gasteiger partial charge in [0.15, 0.2) is 0 Å². The first-order valence-corrected chi connectivity index (χ1v) is 6.46. The van der Waals surface area contributed by atoms with Gasteiger partial charge in [0.2, 0.25) is 5.91 Å². The molecule has 0 saturated heterocycles. The summed E-state index contributed by atoms with van der Waals surface area (Å²) in [5.74, 6) is 0.683. The standard InChI is InChI=1S/C16H18N2O2/c1-12-4-6-14(7-5-12)8-9-16(19)18(3)11-15-10-13(2)20-17-15/h4-10H,11H2,1-3H3/b9-8+. The lowest BCUT2D eigenvalue weighted by molar-refractivity contribution is -0.125. The summed E-state index contributed by atoms with van der Waals surface area (Å²) in [6.07, 6.45) is 3.38. The van der Waals surface area contributed by atoms with Crippen LogP contribution in [0.4, 0.5) is 0 Å². The highest BCUT2D eigenvalue weighted by Crippen LogP contribution is 2.07. The van der Waals surface area contributed by atoms with Crippen LogP contribution in [-0.2, 0) is 11.3 Å². The maximum absolute atomic E-state index is 12.0. The first-order valence-electron chi connectivity index (χ1n) is 6.46. The molecule has 20 heavy (non-hydrogen) atoms. The van der Waals surface area contributed by atoms with Gasteiger partial charge in [-0.05, 0) is 25.5 Å². The molecule has 0 unspecified atom stereocenters. The van der Waals surface area contributed by atoms with Crippen LogP contribution in [0, 0.1) is 13.8 Å². The molecule has 2 rings (SSSR count). The van der Waals surface area contributed by atoms with Crippen LogP contribution in [-0.4, -0.2) is 23.0 Å². The van der Waals surface area contributed by atoms with E-state index in [2.05, 4.69) is 5.16 Å². The Bertz CT molecular complexity index is 612. The zero-order valence-electron chi connectivity index (χ0n) is 12.0. The van der Waals surface area contributed by atoms with Crippen LogP contribution >= 0.6 is 0 Å². The average molecular weight is 270 g/mol. The topological polar surface area (TPSA) is 46.3 Å². The quantitative estimate of drug-likeness (QED) is 0.802. The molecule has 4 heteroatoms. The van der Waals surface area contributed by atoms with Crippen LogP contribution in [0.15, 0.2) is 40.9 Å². The Balaban J connectivity index is 1.95. The maximum Gasteiger partial charge on any atom is 0.246 e. The van der Waals surface area contributed by atoms with E-state index >= 15 is 0 Å². The van der Waals surface area contributed by atoms with E-state index < -0.39 is 0 Å². The third kappa shape index (κ3) is 3.82. The highest BCUT2D eigenvalue weighted by molar-refractivity contribution is 5.91. The number of hydrogen-bond acceptors (Lipinski definition) is 3. The second kappa shape index (κ2) is 6.19. The highest BCUT2D eigenvalue weighted by Gasteiger charge is 2.08. The zero-order valence-corrected chi connectivity index (χ0v) is 12.0. The van der Waals surface area contributed by atoms with Gasteiger partial charge in [-0.2, -0.15) is 0 Å². The van der Waals surface area contributed by atoms with E-state index in [1.54, 1.807) is 18.0 Å². The van der Waals surface area contributed by atoms with Crippen molar-refractivity contribution in [2.75, 3.05) is 7.05 Å². The van der Waals surface area contributed by atoms with Crippen LogP contribution in [0.2, 0.25) is 0 Å². The van der Waals surface area contributed by atoms with Gasteiger partial charge in [0.05, 0.1) is 6.54 Å². The fourth-order valence-electron chi connectivity index (χ4n) is 1.79. The van der Waals surface area contributed by atoms with E-state index in [9.17, 15) is 4.79 Å². The van der Waals surface area contributed by atoms with Crippen LogP contribution in [0.5, 0.6) is 0 Å². The molecule has 0 aliphatic carbocycles. The van der Waals surface area contributed by atoms with Gasteiger partial charge in [-0.3, -0.25) is 4.79 Å². The number of likely N-dealkylation sites (N-methyl/N-ethyl adjacent to an activating group) is 1. The summed E-state index contributed by atoms with van der Waals surface area (Å²) >= 11 is 0. The molecule has 0 aliphatic rings. The van der Waals surface area contributed by atoms with Crippen LogP contribution in [0.1, 0.15) is 22.6 Å². The summed E-state index contributed by atoms with van der Waals surface area (Å²) in [6.45, 7) is 4.30. The predicted octanol–water partition coefficient (Wildman–Crippen LogP) is 2.96. The fraction of sp³-hybridized carbons (Fsp3) is 0.250. The first-order chi connectivity index (χ1) is 9.54. The Kier molecular flexibility index (Phi) is 4.35. The number of hydrogen-bond donors (Lipinski definition) is 0. The van der Waals surface area contributed by atoms with Gasteiger partial charge >= 0.3 is 0 Å². The van der Waals surface area contributed by atoms with E-state index in [1.165, 1.54) is 5.56 Å². The minimum absolute atomic E-state index is 0.0637. The second-order valence-electron chi connectivity index (χ2n) is 4.87. The number of nitrogens with zero attached hydrogens (tertiary/aromatic N) is 2. The molecular weight excluding hydrogens is 252 g/mol. The summed E-state index contributed by atoms with van der Waals surface area (Å²) in [7, 11) is 1.74. The summed E-state index contributed by atoms with van der Waals surface area (Å²) < 4.78 is 4.98. The van der Waals surface area contributed by atoms with Crippen molar-refractivity contribution in [1.82, 2.24) is 10.1 Å². The molecule has 0 radical (unpaired) electrons. The third-order valence-electron chi connectivity index (χ3n) is 2.95. The number of amides is 1. The summed E-state index contributed by atoms with van der Waals surface area (Å²) in [5.41, 5.74) is 2.96. The van der Waals surface area contributed by atoms with Crippen LogP contribution < -0.4 is 0 Å². The summed E-state index contributed by atoms with van der Waals surface area (Å²) in [6, 6.07) is 9.84. The van der Waals surface area contributed by atoms with E-state index in [-0.39, 0.29) is 5.91 Å². The monoisotopic (exact) mass is 270 g/mol. The maximum atomic E-state index is 12.0. The molecule has 1 aromatic heterocycles. The Hall–Kier alpha value is -2.36. The SMILES string of the molecule is Cc1ccc(/C=C/C(=O)N(C)Cc2cc(C)on2)cc1. The van der Waals surface area contributed by atoms with E-state index in [4.69, 9.17) is 4.52 Å². The molecule has 1 heterocycles. The second-order valence-corrected chi connectivity index (χ2v) is 4.87. The van der Waals surface area contributed by atoms with Gasteiger partial charge in [0.25, 0.3) is 0 Å². The lowest BCUT2D eigenvalue weighted by atomic mass is 10.1. The van der Waals surface area contributed by atoms with Crippen molar-refractivity contribution in [3.8, 4) is 0 Å². The minimum Gasteiger partial charge on any atom is -0.361 e. The van der Waals surface area contributed by atoms with Crippen molar-refractivity contribution in [2.24, 2.45) is 0 Å². The Morgan fingerprint density at radius 1 is 1.30 bits per heavy atom. The molecule has 0 aliphatic heterocycles. The summed E-state index contributed by atoms with van der Waals surface area (Å²) in [5, 5.41) is 3.87. The van der Waals surface area contributed by atoms with E-state index in [0.29, 0.717) is 6.54 Å². The number of aryl methyl sites for hydroxylation is 2. The van der Waals surface area contributed by atoms with Crippen molar-refractivity contribution in [1.29, 1.82) is 0 Å². The molecule has 1 amide bonds. The van der Waals surface area contributed by atoms with Gasteiger partial charge in [0, 0.05) is 19.2 Å². The molecule has 0 spiro atoms. The molecule has 2 aromatic rings. The van der Waals surface area contributed by atoms with E-state index in [1.807, 2.05) is 50.3 Å². The average Bonchev–Trinajstić information content (AvgIpc) is 2.83. The number of rotatable bonds is 4. The molecular formula is C16H18N2O2. The van der Waals surface area contributed by atoms with Crippen LogP contribution in [0.3, 0.4) is 0 Å². The van der Waals surface area contributed by atoms with Crippen LogP contribution in [0.25, 0.3) is 6.08 Å².